The van der Waals surface area contributed by atoms with Crippen LogP contribution in [0, 0.1) is 11.6 Å². The van der Waals surface area contributed by atoms with Gasteiger partial charge in [0.2, 0.25) is 10.0 Å². The van der Waals surface area contributed by atoms with Gasteiger partial charge in [-0.2, -0.15) is 0 Å². The molecule has 0 bridgehead atoms. The molecule has 2 rings (SSSR count). The molecule has 1 fully saturated rings. The minimum atomic E-state index is -4.05. The van der Waals surface area contributed by atoms with Gasteiger partial charge in [-0.15, -0.1) is 0 Å². The fourth-order valence-corrected chi connectivity index (χ4v) is 2.92. The number of nitrogens with one attached hydrogen (secondary N) is 1. The minimum absolute atomic E-state index is 0.0677. The van der Waals surface area contributed by atoms with Crippen LogP contribution in [0.3, 0.4) is 0 Å². The maximum absolute atomic E-state index is 13.3. The lowest BCUT2D eigenvalue weighted by molar-refractivity contribution is 0.114. The smallest absolute Gasteiger partial charge is 0.243 e. The molecule has 0 spiro atoms. The molecule has 1 atom stereocenters. The summed E-state index contributed by atoms with van der Waals surface area (Å²) in [5, 5.41) is 0. The second-order valence-corrected chi connectivity index (χ2v) is 5.80. The minimum Gasteiger partial charge on any atom is -0.377 e. The van der Waals surface area contributed by atoms with Crippen molar-refractivity contribution in [2.24, 2.45) is 0 Å². The summed E-state index contributed by atoms with van der Waals surface area (Å²) < 4.78 is 57.3. The number of rotatable bonds is 4. The maximum Gasteiger partial charge on any atom is 0.243 e. The third-order valence-electron chi connectivity index (χ3n) is 2.71. The Kier molecular flexibility index (Phi) is 3.94. The Bertz CT molecular complexity index is 527. The van der Waals surface area contributed by atoms with Crippen molar-refractivity contribution < 1.29 is 21.9 Å². The summed E-state index contributed by atoms with van der Waals surface area (Å²) >= 11 is 0. The summed E-state index contributed by atoms with van der Waals surface area (Å²) in [6.07, 6.45) is 1.44. The van der Waals surface area contributed by atoms with Gasteiger partial charge in [-0.3, -0.25) is 0 Å². The van der Waals surface area contributed by atoms with Crippen LogP contribution in [0.4, 0.5) is 8.78 Å². The molecule has 1 aromatic carbocycles. The predicted octanol–water partition coefficient (Wildman–Crippen LogP) is 1.42. The Balaban J connectivity index is 2.12. The average Bonchev–Trinajstić information content (AvgIpc) is 2.83. The molecule has 1 saturated heterocycles. The third-order valence-corrected chi connectivity index (χ3v) is 4.15. The van der Waals surface area contributed by atoms with Crippen LogP contribution in [0.1, 0.15) is 12.8 Å². The topological polar surface area (TPSA) is 55.4 Å². The van der Waals surface area contributed by atoms with Crippen LogP contribution in [0.5, 0.6) is 0 Å². The Morgan fingerprint density at radius 1 is 1.39 bits per heavy atom. The molecule has 0 amide bonds. The molecule has 0 radical (unpaired) electrons. The number of halogens is 2. The molecule has 0 aliphatic carbocycles. The number of ether oxygens (including phenoxy) is 1. The molecule has 1 N–H and O–H groups in total. The molecule has 100 valence electrons. The van der Waals surface area contributed by atoms with E-state index in [1.165, 1.54) is 0 Å². The normalized spacial score (nSPS) is 20.2. The van der Waals surface area contributed by atoms with Crippen molar-refractivity contribution in [1.29, 1.82) is 0 Å². The fraction of sp³-hybridized carbons (Fsp3) is 0.455. The Morgan fingerprint density at radius 3 is 2.83 bits per heavy atom. The first kappa shape index (κ1) is 13.4. The van der Waals surface area contributed by atoms with Crippen LogP contribution >= 0.6 is 0 Å². The molecule has 4 nitrogen and oxygen atoms in total. The lowest BCUT2D eigenvalue weighted by Crippen LogP contribution is -2.32. The largest absolute Gasteiger partial charge is 0.377 e. The highest BCUT2D eigenvalue weighted by Crippen LogP contribution is 2.17. The van der Waals surface area contributed by atoms with Crippen LogP contribution in [0.2, 0.25) is 0 Å². The predicted molar refractivity (Wildman–Crippen MR) is 60.5 cm³/mol. The standard InChI is InChI=1S/C11H13F2NO3S/c12-8-3-4-10(13)11(6-8)18(15,16)14-7-9-2-1-5-17-9/h3-4,6,9,14H,1-2,5,7H2/t9-/m0/s1. The molecular weight excluding hydrogens is 264 g/mol. The van der Waals surface area contributed by atoms with E-state index in [1.54, 1.807) is 0 Å². The van der Waals surface area contributed by atoms with E-state index in [-0.39, 0.29) is 12.6 Å². The number of hydrogen-bond donors (Lipinski definition) is 1. The van der Waals surface area contributed by atoms with E-state index in [4.69, 9.17) is 4.74 Å². The van der Waals surface area contributed by atoms with Gasteiger partial charge in [0.25, 0.3) is 0 Å². The zero-order valence-corrected chi connectivity index (χ0v) is 10.3. The quantitative estimate of drug-likeness (QED) is 0.905. The van der Waals surface area contributed by atoms with Crippen molar-refractivity contribution >= 4 is 10.0 Å². The van der Waals surface area contributed by atoms with E-state index < -0.39 is 26.6 Å². The van der Waals surface area contributed by atoms with Gasteiger partial charge in [-0.1, -0.05) is 0 Å². The third kappa shape index (κ3) is 3.04. The maximum atomic E-state index is 13.3. The van der Waals surface area contributed by atoms with Gasteiger partial charge in [0.05, 0.1) is 6.10 Å². The van der Waals surface area contributed by atoms with Gasteiger partial charge in [0, 0.05) is 13.2 Å². The zero-order chi connectivity index (χ0) is 13.2. The molecule has 1 heterocycles. The van der Waals surface area contributed by atoms with Gasteiger partial charge in [0.1, 0.15) is 16.5 Å². The number of benzene rings is 1. The van der Waals surface area contributed by atoms with Crippen molar-refractivity contribution in [1.82, 2.24) is 4.72 Å². The Hall–Kier alpha value is -1.05. The molecule has 0 saturated carbocycles. The van der Waals surface area contributed by atoms with Crippen molar-refractivity contribution in [3.63, 3.8) is 0 Å². The lowest BCUT2D eigenvalue weighted by Gasteiger charge is -2.11. The molecule has 1 aliphatic heterocycles. The van der Waals surface area contributed by atoms with Crippen molar-refractivity contribution in [3.05, 3.63) is 29.8 Å². The van der Waals surface area contributed by atoms with E-state index in [0.717, 1.165) is 25.0 Å². The van der Waals surface area contributed by atoms with Crippen LogP contribution in [0.25, 0.3) is 0 Å². The molecule has 18 heavy (non-hydrogen) atoms. The first-order valence-corrected chi connectivity index (χ1v) is 7.04. The monoisotopic (exact) mass is 277 g/mol. The van der Waals surface area contributed by atoms with Gasteiger partial charge in [-0.25, -0.2) is 21.9 Å². The Morgan fingerprint density at radius 2 is 2.17 bits per heavy atom. The van der Waals surface area contributed by atoms with E-state index in [2.05, 4.69) is 4.72 Å². The Labute approximate surface area is 104 Å². The molecular formula is C11H13F2NO3S. The summed E-state index contributed by atoms with van der Waals surface area (Å²) in [7, 11) is -4.05. The van der Waals surface area contributed by atoms with E-state index in [9.17, 15) is 17.2 Å². The van der Waals surface area contributed by atoms with Crippen molar-refractivity contribution in [2.75, 3.05) is 13.2 Å². The van der Waals surface area contributed by atoms with Crippen molar-refractivity contribution in [3.8, 4) is 0 Å². The van der Waals surface area contributed by atoms with Gasteiger partial charge < -0.3 is 4.74 Å². The SMILES string of the molecule is O=S(=O)(NC[C@@H]1CCCO1)c1cc(F)ccc1F. The van der Waals surface area contributed by atoms with Crippen LogP contribution in [-0.4, -0.2) is 27.7 Å². The first-order chi connectivity index (χ1) is 8.49. The average molecular weight is 277 g/mol. The number of sulfonamides is 1. The lowest BCUT2D eigenvalue weighted by atomic mass is 10.2. The van der Waals surface area contributed by atoms with Crippen LogP contribution in [0.15, 0.2) is 23.1 Å². The fourth-order valence-electron chi connectivity index (χ4n) is 1.77. The van der Waals surface area contributed by atoms with Crippen LogP contribution < -0.4 is 4.72 Å². The van der Waals surface area contributed by atoms with Gasteiger partial charge >= 0.3 is 0 Å². The van der Waals surface area contributed by atoms with Gasteiger partial charge in [-0.05, 0) is 31.0 Å². The molecule has 0 unspecified atom stereocenters. The van der Waals surface area contributed by atoms with Crippen LogP contribution in [-0.2, 0) is 14.8 Å². The second kappa shape index (κ2) is 5.29. The molecule has 0 aromatic heterocycles. The highest BCUT2D eigenvalue weighted by molar-refractivity contribution is 7.89. The summed E-state index contributed by atoms with van der Waals surface area (Å²) in [5.74, 6) is -1.77. The summed E-state index contributed by atoms with van der Waals surface area (Å²) in [6, 6.07) is 2.32. The highest BCUT2D eigenvalue weighted by Gasteiger charge is 2.23. The number of hydrogen-bond acceptors (Lipinski definition) is 3. The van der Waals surface area contributed by atoms with Gasteiger partial charge in [0.15, 0.2) is 0 Å². The van der Waals surface area contributed by atoms with E-state index in [1.807, 2.05) is 0 Å². The molecule has 1 aliphatic rings. The summed E-state index contributed by atoms with van der Waals surface area (Å²) in [4.78, 5) is -0.680. The first-order valence-electron chi connectivity index (χ1n) is 5.55. The highest BCUT2D eigenvalue weighted by atomic mass is 32.2. The van der Waals surface area contributed by atoms with E-state index in [0.29, 0.717) is 12.7 Å². The summed E-state index contributed by atoms with van der Waals surface area (Å²) in [6.45, 7) is 0.666. The molecule has 1 aromatic rings. The van der Waals surface area contributed by atoms with Crippen molar-refractivity contribution in [2.45, 2.75) is 23.8 Å². The second-order valence-electron chi connectivity index (χ2n) is 4.06. The van der Waals surface area contributed by atoms with E-state index >= 15 is 0 Å². The zero-order valence-electron chi connectivity index (χ0n) is 9.53. The summed E-state index contributed by atoms with van der Waals surface area (Å²) in [5.41, 5.74) is 0. The molecule has 7 heteroatoms.